The predicted octanol–water partition coefficient (Wildman–Crippen LogP) is 5.87. The highest BCUT2D eigenvalue weighted by atomic mass is 19.4. The van der Waals surface area contributed by atoms with Gasteiger partial charge in [0.1, 0.15) is 0 Å². The Bertz CT molecular complexity index is 1540. The number of aryl methyl sites for hydroxylation is 2. The zero-order valence-electron chi connectivity index (χ0n) is 17.3. The van der Waals surface area contributed by atoms with Crippen LogP contribution >= 0.6 is 0 Å². The first-order valence-electron chi connectivity index (χ1n) is 9.99. The summed E-state index contributed by atoms with van der Waals surface area (Å²) in [6.07, 6.45) is -2.93. The number of pyridine rings is 1. The molecule has 0 aliphatic carbocycles. The van der Waals surface area contributed by atoms with E-state index in [0.717, 1.165) is 28.8 Å². The van der Waals surface area contributed by atoms with E-state index in [2.05, 4.69) is 4.98 Å². The van der Waals surface area contributed by atoms with Crippen LogP contribution in [-0.4, -0.2) is 14.1 Å². The molecule has 0 N–H and O–H groups in total. The van der Waals surface area contributed by atoms with Gasteiger partial charge in [0.05, 0.1) is 34.0 Å². The lowest BCUT2D eigenvalue weighted by Crippen LogP contribution is -2.21. The molecule has 4 nitrogen and oxygen atoms in total. The van der Waals surface area contributed by atoms with Crippen molar-refractivity contribution in [3.8, 4) is 16.8 Å². The Hall–Kier alpha value is -3.87. The summed E-state index contributed by atoms with van der Waals surface area (Å²) in [7, 11) is 1.59. The Balaban J connectivity index is 1.84. The van der Waals surface area contributed by atoms with E-state index in [1.54, 1.807) is 13.2 Å². The smallest absolute Gasteiger partial charge is 0.293 e. The summed E-state index contributed by atoms with van der Waals surface area (Å²) in [5, 5.41) is 0.690. The molecule has 32 heavy (non-hydrogen) atoms. The molecule has 0 atom stereocenters. The number of hydrogen-bond acceptors (Lipinski definition) is 2. The number of rotatable bonds is 2. The lowest BCUT2D eigenvalue weighted by molar-refractivity contribution is -0.137. The molecule has 2 heterocycles. The molecule has 0 spiro atoms. The van der Waals surface area contributed by atoms with Crippen LogP contribution in [0.25, 0.3) is 38.8 Å². The molecule has 0 saturated carbocycles. The van der Waals surface area contributed by atoms with Gasteiger partial charge in [0, 0.05) is 12.4 Å². The van der Waals surface area contributed by atoms with Gasteiger partial charge in [0.2, 0.25) is 0 Å². The molecule has 160 valence electrons. The van der Waals surface area contributed by atoms with Crippen LogP contribution in [0.4, 0.5) is 13.2 Å². The van der Waals surface area contributed by atoms with Crippen molar-refractivity contribution in [3.63, 3.8) is 0 Å². The van der Waals surface area contributed by atoms with Crippen LogP contribution in [0.3, 0.4) is 0 Å². The number of hydrogen-bond donors (Lipinski definition) is 0. The summed E-state index contributed by atoms with van der Waals surface area (Å²) in [5.74, 6) is 0. The molecule has 5 rings (SSSR count). The first-order chi connectivity index (χ1) is 15.2. The summed E-state index contributed by atoms with van der Waals surface area (Å²) in [6.45, 7) is 2.01. The highest BCUT2D eigenvalue weighted by Gasteiger charge is 2.31. The van der Waals surface area contributed by atoms with Gasteiger partial charge in [0.25, 0.3) is 0 Å². The first-order valence-corrected chi connectivity index (χ1v) is 9.99. The number of fused-ring (bicyclic) bond motifs is 3. The second-order valence-corrected chi connectivity index (χ2v) is 7.82. The van der Waals surface area contributed by atoms with Gasteiger partial charge in [-0.3, -0.25) is 14.1 Å². The molecular weight excluding hydrogens is 415 g/mol. The number of benzene rings is 3. The van der Waals surface area contributed by atoms with E-state index in [4.69, 9.17) is 0 Å². The van der Waals surface area contributed by atoms with Crippen molar-refractivity contribution in [3.05, 3.63) is 94.5 Å². The van der Waals surface area contributed by atoms with Crippen LogP contribution in [0, 0.1) is 6.92 Å². The highest BCUT2D eigenvalue weighted by Crippen LogP contribution is 2.33. The van der Waals surface area contributed by atoms with Crippen molar-refractivity contribution in [2.24, 2.45) is 7.05 Å². The van der Waals surface area contributed by atoms with E-state index in [1.165, 1.54) is 21.3 Å². The van der Waals surface area contributed by atoms with Gasteiger partial charge < -0.3 is 0 Å². The van der Waals surface area contributed by atoms with E-state index < -0.39 is 17.4 Å². The Morgan fingerprint density at radius 3 is 2.34 bits per heavy atom. The SMILES string of the molecule is Cc1ccc(-c2ccc3ncc4c(c3c2)n(-c2cccc(C(F)(F)F)c2)c(=O)n4C)cc1. The average Bonchev–Trinajstić information content (AvgIpc) is 3.04. The molecule has 0 saturated heterocycles. The Labute approximate surface area is 181 Å². The van der Waals surface area contributed by atoms with Gasteiger partial charge in [-0.15, -0.1) is 0 Å². The number of alkyl halides is 3. The molecule has 3 aromatic carbocycles. The van der Waals surface area contributed by atoms with Gasteiger partial charge in [0.15, 0.2) is 0 Å². The maximum atomic E-state index is 13.3. The second kappa shape index (κ2) is 7.09. The Morgan fingerprint density at radius 2 is 1.62 bits per heavy atom. The van der Waals surface area contributed by atoms with Crippen molar-refractivity contribution in [2.75, 3.05) is 0 Å². The molecule has 0 radical (unpaired) electrons. The fourth-order valence-electron chi connectivity index (χ4n) is 3.98. The van der Waals surface area contributed by atoms with Crippen LogP contribution in [0.2, 0.25) is 0 Å². The Morgan fingerprint density at radius 1 is 0.906 bits per heavy atom. The molecule has 7 heteroatoms. The minimum Gasteiger partial charge on any atom is -0.293 e. The average molecular weight is 433 g/mol. The van der Waals surface area contributed by atoms with Crippen molar-refractivity contribution in [2.45, 2.75) is 13.1 Å². The maximum absolute atomic E-state index is 13.3. The Kier molecular flexibility index (Phi) is 4.44. The molecule has 0 aliphatic heterocycles. The van der Waals surface area contributed by atoms with Crippen LogP contribution in [-0.2, 0) is 13.2 Å². The van der Waals surface area contributed by atoms with E-state index in [9.17, 15) is 18.0 Å². The fourth-order valence-corrected chi connectivity index (χ4v) is 3.98. The maximum Gasteiger partial charge on any atom is 0.416 e. The number of nitrogens with zero attached hydrogens (tertiary/aromatic N) is 3. The van der Waals surface area contributed by atoms with Gasteiger partial charge in [-0.1, -0.05) is 42.0 Å². The standard InChI is InChI=1S/C25H18F3N3O/c1-15-6-8-16(9-7-15)17-10-11-21-20(12-17)23-22(14-29-21)30(2)24(32)31(23)19-5-3-4-18(13-19)25(26,27)28/h3-14H,1-2H3. The summed E-state index contributed by atoms with van der Waals surface area (Å²) in [4.78, 5) is 17.6. The molecule has 0 aliphatic rings. The number of aromatic nitrogens is 3. The largest absolute Gasteiger partial charge is 0.416 e. The van der Waals surface area contributed by atoms with E-state index in [0.29, 0.717) is 21.9 Å². The van der Waals surface area contributed by atoms with Crippen molar-refractivity contribution in [1.82, 2.24) is 14.1 Å². The third-order valence-electron chi connectivity index (χ3n) is 5.70. The second-order valence-electron chi connectivity index (χ2n) is 7.82. The summed E-state index contributed by atoms with van der Waals surface area (Å²) >= 11 is 0. The normalized spacial score (nSPS) is 12.0. The van der Waals surface area contributed by atoms with Crippen LogP contribution in [0.1, 0.15) is 11.1 Å². The van der Waals surface area contributed by atoms with Crippen LogP contribution in [0.15, 0.2) is 77.7 Å². The number of halogens is 3. The summed E-state index contributed by atoms with van der Waals surface area (Å²) in [5.41, 5.74) is 3.70. The van der Waals surface area contributed by atoms with Gasteiger partial charge in [-0.05, 0) is 48.4 Å². The number of imidazole rings is 1. The van der Waals surface area contributed by atoms with Crippen molar-refractivity contribution < 1.29 is 13.2 Å². The first kappa shape index (κ1) is 20.1. The lowest BCUT2D eigenvalue weighted by atomic mass is 10.0. The summed E-state index contributed by atoms with van der Waals surface area (Å²) in [6, 6.07) is 18.6. The van der Waals surface area contributed by atoms with E-state index in [-0.39, 0.29) is 5.69 Å². The zero-order chi connectivity index (χ0) is 22.6. The fraction of sp³-hybridized carbons (Fsp3) is 0.120. The molecule has 5 aromatic rings. The van der Waals surface area contributed by atoms with Crippen molar-refractivity contribution >= 4 is 21.9 Å². The van der Waals surface area contributed by atoms with Gasteiger partial charge in [-0.2, -0.15) is 13.2 Å². The lowest BCUT2D eigenvalue weighted by Gasteiger charge is -2.11. The molecule has 0 unspecified atom stereocenters. The quantitative estimate of drug-likeness (QED) is 0.349. The minimum atomic E-state index is -4.51. The zero-order valence-corrected chi connectivity index (χ0v) is 17.3. The summed E-state index contributed by atoms with van der Waals surface area (Å²) < 4.78 is 42.7. The van der Waals surface area contributed by atoms with Gasteiger partial charge >= 0.3 is 11.9 Å². The van der Waals surface area contributed by atoms with Crippen molar-refractivity contribution in [1.29, 1.82) is 0 Å². The monoisotopic (exact) mass is 433 g/mol. The third kappa shape index (κ3) is 3.17. The topological polar surface area (TPSA) is 39.8 Å². The molecule has 2 aromatic heterocycles. The third-order valence-corrected chi connectivity index (χ3v) is 5.70. The van der Waals surface area contributed by atoms with E-state index in [1.807, 2.05) is 49.4 Å². The highest BCUT2D eigenvalue weighted by molar-refractivity contribution is 6.04. The molecular formula is C25H18F3N3O. The molecule has 0 amide bonds. The minimum absolute atomic E-state index is 0.156. The molecule has 0 bridgehead atoms. The molecule has 0 fully saturated rings. The predicted molar refractivity (Wildman–Crippen MR) is 119 cm³/mol. The van der Waals surface area contributed by atoms with Crippen LogP contribution < -0.4 is 5.69 Å². The van der Waals surface area contributed by atoms with Crippen LogP contribution in [0.5, 0.6) is 0 Å². The van der Waals surface area contributed by atoms with Gasteiger partial charge in [-0.25, -0.2) is 4.79 Å². The van der Waals surface area contributed by atoms with E-state index >= 15 is 0 Å².